The van der Waals surface area contributed by atoms with Crippen LogP contribution in [0.15, 0.2) is 11.3 Å². The molecular weight excluding hydrogens is 398 g/mol. The number of carbonyl (C=O) groups excluding carboxylic acids is 1. The molecule has 30 heavy (non-hydrogen) atoms. The van der Waals surface area contributed by atoms with Gasteiger partial charge in [-0.25, -0.2) is 10.1 Å². The zero-order chi connectivity index (χ0) is 21.0. The SMILES string of the molecule is CCCCCCCCC[C@@H]1C[C@@H]2CC[C@H]3C(C(=O)OC(C)(C)C)=C(C)NC(=[N+]23)N1.[Cl-]. The number of rotatable bonds is 9. The Morgan fingerprint density at radius 2 is 1.77 bits per heavy atom. The van der Waals surface area contributed by atoms with Crippen LogP contribution in [0.1, 0.15) is 105 Å². The van der Waals surface area contributed by atoms with E-state index in [1.807, 2.05) is 27.7 Å². The van der Waals surface area contributed by atoms with Crippen molar-refractivity contribution in [3.8, 4) is 0 Å². The summed E-state index contributed by atoms with van der Waals surface area (Å²) in [6.07, 6.45) is 14.1. The molecule has 0 bridgehead atoms. The minimum absolute atomic E-state index is 0. The Kier molecular flexibility index (Phi) is 9.08. The highest BCUT2D eigenvalue weighted by molar-refractivity contribution is 5.93. The minimum Gasteiger partial charge on any atom is -1.00 e. The number of unbranched alkanes of at least 4 members (excludes halogenated alkanes) is 6. The van der Waals surface area contributed by atoms with E-state index in [9.17, 15) is 4.79 Å². The van der Waals surface area contributed by atoms with Crippen molar-refractivity contribution in [2.24, 2.45) is 0 Å². The lowest BCUT2D eigenvalue weighted by Gasteiger charge is -2.34. The summed E-state index contributed by atoms with van der Waals surface area (Å²) in [5.41, 5.74) is 1.30. The lowest BCUT2D eigenvalue weighted by atomic mass is 9.97. The smallest absolute Gasteiger partial charge is 0.351 e. The van der Waals surface area contributed by atoms with E-state index in [1.54, 1.807) is 0 Å². The van der Waals surface area contributed by atoms with Crippen molar-refractivity contribution in [1.29, 1.82) is 0 Å². The van der Waals surface area contributed by atoms with Crippen LogP contribution in [0.3, 0.4) is 0 Å². The van der Waals surface area contributed by atoms with Crippen molar-refractivity contribution >= 4 is 11.9 Å². The summed E-state index contributed by atoms with van der Waals surface area (Å²) >= 11 is 0. The van der Waals surface area contributed by atoms with Gasteiger partial charge in [0.1, 0.15) is 17.2 Å². The van der Waals surface area contributed by atoms with Crippen molar-refractivity contribution in [2.75, 3.05) is 0 Å². The molecule has 3 aliphatic rings. The van der Waals surface area contributed by atoms with Crippen molar-refractivity contribution in [3.05, 3.63) is 11.3 Å². The Hall–Kier alpha value is -1.23. The highest BCUT2D eigenvalue weighted by Gasteiger charge is 2.48. The summed E-state index contributed by atoms with van der Waals surface area (Å²) in [5, 5.41) is 7.25. The van der Waals surface area contributed by atoms with Gasteiger partial charge in [0.05, 0.1) is 17.8 Å². The molecule has 0 amide bonds. The number of nitrogens with one attached hydrogen (secondary N) is 2. The van der Waals surface area contributed by atoms with Gasteiger partial charge in [0.15, 0.2) is 0 Å². The molecule has 0 saturated carbocycles. The van der Waals surface area contributed by atoms with Crippen LogP contribution in [0.4, 0.5) is 0 Å². The Balaban J connectivity index is 0.00000320. The second-order valence-corrected chi connectivity index (χ2v) is 10.2. The van der Waals surface area contributed by atoms with Crippen LogP contribution in [0.25, 0.3) is 0 Å². The van der Waals surface area contributed by atoms with Gasteiger partial charge in [0.2, 0.25) is 0 Å². The third-order valence-corrected chi connectivity index (χ3v) is 6.48. The first-order valence-electron chi connectivity index (χ1n) is 11.9. The molecule has 0 aromatic rings. The van der Waals surface area contributed by atoms with Crippen molar-refractivity contribution in [2.45, 2.75) is 129 Å². The molecule has 5 nitrogen and oxygen atoms in total. The Morgan fingerprint density at radius 1 is 1.10 bits per heavy atom. The number of ether oxygens (including phenoxy) is 1. The van der Waals surface area contributed by atoms with Crippen LogP contribution in [-0.4, -0.2) is 40.2 Å². The molecule has 2 N–H and O–H groups in total. The predicted octanol–water partition coefficient (Wildman–Crippen LogP) is 1.61. The number of carbonyl (C=O) groups is 1. The van der Waals surface area contributed by atoms with Crippen LogP contribution < -0.4 is 23.0 Å². The number of esters is 1. The molecule has 6 heteroatoms. The first kappa shape index (κ1) is 25.0. The molecule has 3 aliphatic heterocycles. The monoisotopic (exact) mass is 439 g/mol. The molecule has 0 aliphatic carbocycles. The van der Waals surface area contributed by atoms with Crippen LogP contribution in [-0.2, 0) is 9.53 Å². The average molecular weight is 440 g/mol. The van der Waals surface area contributed by atoms with E-state index >= 15 is 0 Å². The molecule has 0 unspecified atom stereocenters. The summed E-state index contributed by atoms with van der Waals surface area (Å²) in [4.78, 5) is 12.8. The number of guanidine groups is 1. The maximum Gasteiger partial charge on any atom is 0.351 e. The maximum atomic E-state index is 12.8. The molecule has 0 aromatic heterocycles. The zero-order valence-corrected chi connectivity index (χ0v) is 20.4. The van der Waals surface area contributed by atoms with E-state index in [1.165, 1.54) is 57.8 Å². The summed E-state index contributed by atoms with van der Waals surface area (Å²) in [7, 11) is 0. The number of hydrogen-bond donors (Lipinski definition) is 2. The van der Waals surface area contributed by atoms with Gasteiger partial charge in [-0.05, 0) is 47.0 Å². The van der Waals surface area contributed by atoms with E-state index in [0.717, 1.165) is 30.1 Å². The van der Waals surface area contributed by atoms with Gasteiger partial charge in [-0.3, -0.25) is 9.89 Å². The van der Waals surface area contributed by atoms with Crippen LogP contribution in [0.5, 0.6) is 0 Å². The molecule has 0 radical (unpaired) electrons. The van der Waals surface area contributed by atoms with E-state index in [0.29, 0.717) is 12.1 Å². The summed E-state index contributed by atoms with van der Waals surface area (Å²) in [6, 6.07) is 1.23. The van der Waals surface area contributed by atoms with Crippen LogP contribution >= 0.6 is 0 Å². The van der Waals surface area contributed by atoms with Crippen molar-refractivity contribution in [1.82, 2.24) is 10.6 Å². The first-order chi connectivity index (χ1) is 13.8. The van der Waals surface area contributed by atoms with Gasteiger partial charge in [0, 0.05) is 6.42 Å². The average Bonchev–Trinajstić information content (AvgIpc) is 3.04. The third kappa shape index (κ3) is 6.15. The van der Waals surface area contributed by atoms with E-state index in [2.05, 4.69) is 22.1 Å². The molecule has 3 atom stereocenters. The predicted molar refractivity (Wildman–Crippen MR) is 118 cm³/mol. The summed E-state index contributed by atoms with van der Waals surface area (Å²) in [6.45, 7) is 10.1. The second-order valence-electron chi connectivity index (χ2n) is 10.2. The van der Waals surface area contributed by atoms with Gasteiger partial charge < -0.3 is 17.1 Å². The maximum absolute atomic E-state index is 12.8. The topological polar surface area (TPSA) is 53.4 Å². The molecule has 0 spiro atoms. The molecule has 1 fully saturated rings. The molecule has 172 valence electrons. The number of allylic oxidation sites excluding steroid dienone is 1. The summed E-state index contributed by atoms with van der Waals surface area (Å²) < 4.78 is 8.13. The number of nitrogens with zero attached hydrogens (tertiary/aromatic N) is 1. The number of hydrogen-bond acceptors (Lipinski definition) is 4. The fraction of sp³-hybridized carbons (Fsp3) is 0.833. The van der Waals surface area contributed by atoms with Gasteiger partial charge in [-0.2, -0.15) is 0 Å². The lowest BCUT2D eigenvalue weighted by Crippen LogP contribution is -3.00. The van der Waals surface area contributed by atoms with E-state index in [-0.39, 0.29) is 24.4 Å². The zero-order valence-electron chi connectivity index (χ0n) is 19.7. The van der Waals surface area contributed by atoms with Gasteiger partial charge in [-0.1, -0.05) is 51.9 Å². The molecule has 3 heterocycles. The van der Waals surface area contributed by atoms with Crippen molar-refractivity contribution in [3.63, 3.8) is 0 Å². The highest BCUT2D eigenvalue weighted by Crippen LogP contribution is 2.34. The quantitative estimate of drug-likeness (QED) is 0.325. The molecule has 3 rings (SSSR count). The minimum atomic E-state index is -0.464. The van der Waals surface area contributed by atoms with Crippen LogP contribution in [0.2, 0.25) is 0 Å². The lowest BCUT2D eigenvalue weighted by molar-refractivity contribution is -0.580. The first-order valence-corrected chi connectivity index (χ1v) is 11.9. The Bertz CT molecular complexity index is 666. The Labute approximate surface area is 189 Å². The van der Waals surface area contributed by atoms with E-state index < -0.39 is 5.60 Å². The number of halogens is 1. The Morgan fingerprint density at radius 3 is 2.43 bits per heavy atom. The van der Waals surface area contributed by atoms with Crippen molar-refractivity contribution < 1.29 is 26.5 Å². The third-order valence-electron chi connectivity index (χ3n) is 6.48. The molecule has 0 aromatic carbocycles. The van der Waals surface area contributed by atoms with E-state index in [4.69, 9.17) is 4.74 Å². The van der Waals surface area contributed by atoms with Gasteiger partial charge >= 0.3 is 11.9 Å². The second kappa shape index (κ2) is 10.9. The normalized spacial score (nSPS) is 25.3. The van der Waals surface area contributed by atoms with Gasteiger partial charge in [-0.15, -0.1) is 0 Å². The fourth-order valence-corrected chi connectivity index (χ4v) is 5.15. The van der Waals surface area contributed by atoms with Crippen LogP contribution in [0, 0.1) is 0 Å². The fourth-order valence-electron chi connectivity index (χ4n) is 5.15. The largest absolute Gasteiger partial charge is 1.00 e. The molecule has 1 saturated heterocycles. The summed E-state index contributed by atoms with van der Waals surface area (Å²) in [5.74, 6) is 0.943. The van der Waals surface area contributed by atoms with Gasteiger partial charge in [0.25, 0.3) is 0 Å². The highest BCUT2D eigenvalue weighted by atomic mass is 35.5. The molecular formula is C24H42ClN3O2. The standard InChI is InChI=1S/C24H41N3O2.ClH/c1-6-7-8-9-10-11-12-13-18-16-19-14-15-20-21(22(28)29-24(3,4)5)17(2)25-23(26-18)27(19)20;/h18-20H,6-16H2,1-5H3,(H,25,26,28);1H/t18-,19+,20+;/m1./s1.